The number of rotatable bonds is 4. The van der Waals surface area contributed by atoms with Gasteiger partial charge in [-0.15, -0.1) is 0 Å². The minimum absolute atomic E-state index is 0.0901. The highest BCUT2D eigenvalue weighted by molar-refractivity contribution is 6.06. The summed E-state index contributed by atoms with van der Waals surface area (Å²) in [6.07, 6.45) is -2.93. The van der Waals surface area contributed by atoms with E-state index >= 15 is 0 Å². The molecule has 8 heteroatoms. The van der Waals surface area contributed by atoms with Crippen molar-refractivity contribution in [1.29, 1.82) is 0 Å². The van der Waals surface area contributed by atoms with E-state index in [2.05, 4.69) is 11.2 Å². The molecule has 35 heavy (non-hydrogen) atoms. The highest BCUT2D eigenvalue weighted by atomic mass is 19.4. The summed E-state index contributed by atoms with van der Waals surface area (Å²) in [5, 5.41) is 4.30. The minimum atomic E-state index is -4.64. The number of aryl methyl sites for hydroxylation is 1. The second-order valence-electron chi connectivity index (χ2n) is 8.32. The smallest absolute Gasteiger partial charge is 0.419 e. The summed E-state index contributed by atoms with van der Waals surface area (Å²) in [5.41, 5.74) is 4.45. The average Bonchev–Trinajstić information content (AvgIpc) is 3.32. The van der Waals surface area contributed by atoms with Crippen LogP contribution >= 0.6 is 0 Å². The lowest BCUT2D eigenvalue weighted by atomic mass is 9.88. The average molecular weight is 478 g/mol. The molecule has 5 nitrogen and oxygen atoms in total. The predicted molar refractivity (Wildman–Crippen MR) is 126 cm³/mol. The van der Waals surface area contributed by atoms with Gasteiger partial charge < -0.3 is 14.2 Å². The van der Waals surface area contributed by atoms with E-state index in [4.69, 9.17) is 9.26 Å². The Morgan fingerprint density at radius 1 is 1.03 bits per heavy atom. The molecule has 0 radical (unpaired) electrons. The molecule has 1 amide bonds. The highest BCUT2D eigenvalue weighted by Crippen LogP contribution is 2.39. The van der Waals surface area contributed by atoms with Crippen LogP contribution in [0.1, 0.15) is 27.0 Å². The van der Waals surface area contributed by atoms with Crippen molar-refractivity contribution in [3.8, 4) is 28.3 Å². The number of hydrogen-bond acceptors (Lipinski definition) is 4. The number of benzene rings is 3. The van der Waals surface area contributed by atoms with E-state index in [0.717, 1.165) is 54.5 Å². The van der Waals surface area contributed by atoms with Crippen LogP contribution in [0.2, 0.25) is 0 Å². The molecule has 0 spiro atoms. The van der Waals surface area contributed by atoms with Gasteiger partial charge in [0.05, 0.1) is 12.7 Å². The fourth-order valence-electron chi connectivity index (χ4n) is 4.42. The first-order valence-electron chi connectivity index (χ1n) is 11.0. The maximum atomic E-state index is 13.4. The van der Waals surface area contributed by atoms with Crippen molar-refractivity contribution < 1.29 is 27.2 Å². The van der Waals surface area contributed by atoms with Crippen LogP contribution in [0.5, 0.6) is 5.75 Å². The highest BCUT2D eigenvalue weighted by Gasteiger charge is 2.35. The number of methoxy groups -OCH3 is 1. The molecule has 0 aliphatic heterocycles. The fraction of sp³-hybridized carbons (Fsp3) is 0.185. The molecule has 1 heterocycles. The van der Waals surface area contributed by atoms with Crippen LogP contribution < -0.4 is 9.64 Å². The van der Waals surface area contributed by atoms with Crippen molar-refractivity contribution in [1.82, 2.24) is 5.16 Å². The fourth-order valence-corrected chi connectivity index (χ4v) is 4.42. The summed E-state index contributed by atoms with van der Waals surface area (Å²) in [6.45, 7) is 0. The van der Waals surface area contributed by atoms with E-state index < -0.39 is 17.6 Å². The molecular weight excluding hydrogens is 457 g/mol. The Hall–Kier alpha value is -4.07. The van der Waals surface area contributed by atoms with Crippen molar-refractivity contribution in [3.63, 3.8) is 0 Å². The largest absolute Gasteiger partial charge is 0.496 e. The van der Waals surface area contributed by atoms with Crippen LogP contribution in [0.15, 0.2) is 71.3 Å². The number of aromatic nitrogens is 1. The standard InChI is InChI=1S/C27H21F3N2O3/c1-32(26(33)18-10-14-23(34-2)22(15-18)27(28,29)30)19-11-7-17(8-12-19)25-21-13-9-16-5-3-4-6-20(16)24(21)31-35-25/h3-8,10-12,14-15H,9,13H2,1-2H3. The van der Waals surface area contributed by atoms with Crippen LogP contribution in [0.4, 0.5) is 18.9 Å². The summed E-state index contributed by atoms with van der Waals surface area (Å²) in [7, 11) is 2.67. The summed E-state index contributed by atoms with van der Waals surface area (Å²) in [6, 6.07) is 18.5. The van der Waals surface area contributed by atoms with Crippen molar-refractivity contribution >= 4 is 11.6 Å². The van der Waals surface area contributed by atoms with Crippen LogP contribution in [0.3, 0.4) is 0 Å². The lowest BCUT2D eigenvalue weighted by Crippen LogP contribution is -2.26. The van der Waals surface area contributed by atoms with Crippen LogP contribution in [-0.2, 0) is 19.0 Å². The van der Waals surface area contributed by atoms with Gasteiger partial charge in [-0.2, -0.15) is 13.2 Å². The number of carbonyl (C=O) groups is 1. The van der Waals surface area contributed by atoms with Gasteiger partial charge in [0.15, 0.2) is 5.76 Å². The van der Waals surface area contributed by atoms with E-state index in [-0.39, 0.29) is 11.3 Å². The Bertz CT molecular complexity index is 1410. The first-order chi connectivity index (χ1) is 16.8. The van der Waals surface area contributed by atoms with Crippen LogP contribution in [0.25, 0.3) is 22.6 Å². The maximum Gasteiger partial charge on any atom is 0.419 e. The zero-order chi connectivity index (χ0) is 24.7. The number of halogens is 3. The van der Waals surface area contributed by atoms with E-state index in [1.54, 1.807) is 12.1 Å². The summed E-state index contributed by atoms with van der Waals surface area (Å²) >= 11 is 0. The molecule has 5 rings (SSSR count). The van der Waals surface area contributed by atoms with Gasteiger partial charge in [0.2, 0.25) is 0 Å². The lowest BCUT2D eigenvalue weighted by Gasteiger charge is -2.19. The van der Waals surface area contributed by atoms with Gasteiger partial charge >= 0.3 is 6.18 Å². The molecule has 0 bridgehead atoms. The molecule has 1 aliphatic rings. The van der Waals surface area contributed by atoms with Gasteiger partial charge in [0.25, 0.3) is 5.91 Å². The maximum absolute atomic E-state index is 13.4. The van der Waals surface area contributed by atoms with Gasteiger partial charge in [-0.25, -0.2) is 0 Å². The molecule has 0 saturated carbocycles. The lowest BCUT2D eigenvalue weighted by molar-refractivity contribution is -0.138. The van der Waals surface area contributed by atoms with Crippen molar-refractivity contribution in [2.45, 2.75) is 19.0 Å². The molecule has 0 saturated heterocycles. The molecular formula is C27H21F3N2O3. The van der Waals surface area contributed by atoms with E-state index in [9.17, 15) is 18.0 Å². The Kier molecular flexibility index (Phi) is 5.59. The monoisotopic (exact) mass is 478 g/mol. The molecule has 0 atom stereocenters. The summed E-state index contributed by atoms with van der Waals surface area (Å²) in [5.74, 6) is -0.223. The zero-order valence-electron chi connectivity index (χ0n) is 19.0. The van der Waals surface area contributed by atoms with Crippen LogP contribution in [-0.4, -0.2) is 25.2 Å². The SMILES string of the molecule is COc1ccc(C(=O)N(C)c2ccc(-c3onc4c3CCc3ccccc3-4)cc2)cc1C(F)(F)F. The number of amides is 1. The number of ether oxygens (including phenoxy) is 1. The number of alkyl halides is 3. The third kappa shape index (κ3) is 4.05. The molecule has 3 aromatic carbocycles. The van der Waals surface area contributed by atoms with Crippen molar-refractivity contribution in [2.75, 3.05) is 19.1 Å². The Balaban J connectivity index is 1.41. The third-order valence-electron chi connectivity index (χ3n) is 6.28. The van der Waals surface area contributed by atoms with Crippen LogP contribution in [0, 0.1) is 0 Å². The predicted octanol–water partition coefficient (Wildman–Crippen LogP) is 6.41. The van der Waals surface area contributed by atoms with Gasteiger partial charge in [0, 0.05) is 35.0 Å². The van der Waals surface area contributed by atoms with Gasteiger partial charge in [-0.3, -0.25) is 4.79 Å². The second kappa shape index (κ2) is 8.61. The number of anilines is 1. The molecule has 0 N–H and O–H groups in total. The van der Waals surface area contributed by atoms with Gasteiger partial charge in [-0.1, -0.05) is 29.4 Å². The quantitative estimate of drug-likeness (QED) is 0.340. The molecule has 178 valence electrons. The third-order valence-corrected chi connectivity index (χ3v) is 6.28. The van der Waals surface area contributed by atoms with Gasteiger partial charge in [0.1, 0.15) is 11.4 Å². The first-order valence-corrected chi connectivity index (χ1v) is 11.0. The second-order valence-corrected chi connectivity index (χ2v) is 8.32. The van der Waals surface area contributed by atoms with E-state index in [1.807, 2.05) is 30.3 Å². The van der Waals surface area contributed by atoms with Crippen molar-refractivity contribution in [3.05, 3.63) is 89.0 Å². The minimum Gasteiger partial charge on any atom is -0.496 e. The molecule has 0 unspecified atom stereocenters. The molecule has 4 aromatic rings. The Morgan fingerprint density at radius 3 is 2.49 bits per heavy atom. The number of nitrogens with zero attached hydrogens (tertiary/aromatic N) is 2. The number of hydrogen-bond donors (Lipinski definition) is 0. The summed E-state index contributed by atoms with van der Waals surface area (Å²) < 4.78 is 50.6. The summed E-state index contributed by atoms with van der Waals surface area (Å²) in [4.78, 5) is 14.2. The molecule has 1 aromatic heterocycles. The number of carbonyl (C=O) groups excluding carboxylic acids is 1. The Morgan fingerprint density at radius 2 is 1.77 bits per heavy atom. The normalized spacial score (nSPS) is 12.6. The van der Waals surface area contributed by atoms with Gasteiger partial charge in [-0.05, 0) is 60.9 Å². The van der Waals surface area contributed by atoms with Crippen molar-refractivity contribution in [2.24, 2.45) is 0 Å². The number of fused-ring (bicyclic) bond motifs is 3. The Labute approximate surface area is 199 Å². The molecule has 1 aliphatic carbocycles. The zero-order valence-corrected chi connectivity index (χ0v) is 19.0. The molecule has 0 fully saturated rings. The van der Waals surface area contributed by atoms with E-state index in [1.165, 1.54) is 23.6 Å². The topological polar surface area (TPSA) is 55.6 Å². The van der Waals surface area contributed by atoms with E-state index in [0.29, 0.717) is 11.4 Å². The first kappa shape index (κ1) is 22.7.